The Kier molecular flexibility index (Phi) is 1.61. The Morgan fingerprint density at radius 2 is 2.14 bits per heavy atom. The van der Waals surface area contributed by atoms with Crippen LogP contribution in [0, 0.1) is 35.0 Å². The summed E-state index contributed by atoms with van der Waals surface area (Å²) in [4.78, 5) is 11.7. The first-order chi connectivity index (χ1) is 6.78. The number of hydrogen-bond donors (Lipinski definition) is 1. The third kappa shape index (κ3) is 1.00. The molecule has 2 aliphatic heterocycles. The zero-order valence-corrected chi connectivity index (χ0v) is 8.07. The van der Waals surface area contributed by atoms with E-state index in [1.54, 1.807) is 0 Å². The standard InChI is InChI=1S/C11H14N2O/c12-5-9-7-1-6-2-8(4-7)11(14)13-10(9)3-6/h6-10H,1-4H2,(H,13,14)/t6-,7?,8-,9?,10+/m0/s1. The van der Waals surface area contributed by atoms with Gasteiger partial charge in [0.25, 0.3) is 0 Å². The van der Waals surface area contributed by atoms with Gasteiger partial charge < -0.3 is 5.32 Å². The largest absolute Gasteiger partial charge is 0.352 e. The predicted octanol–water partition coefficient (Wildman–Crippen LogP) is 1.06. The van der Waals surface area contributed by atoms with Gasteiger partial charge in [-0.05, 0) is 37.5 Å². The summed E-state index contributed by atoms with van der Waals surface area (Å²) in [6.45, 7) is 0. The number of nitrogens with zero attached hydrogens (tertiary/aromatic N) is 1. The molecule has 2 aliphatic carbocycles. The second-order valence-corrected chi connectivity index (χ2v) is 5.04. The van der Waals surface area contributed by atoms with E-state index in [9.17, 15) is 4.79 Å². The highest BCUT2D eigenvalue weighted by atomic mass is 16.2. The van der Waals surface area contributed by atoms with Gasteiger partial charge in [0.05, 0.1) is 12.0 Å². The summed E-state index contributed by atoms with van der Waals surface area (Å²) in [7, 11) is 0. The van der Waals surface area contributed by atoms with Crippen molar-refractivity contribution in [1.29, 1.82) is 5.26 Å². The summed E-state index contributed by atoms with van der Waals surface area (Å²) in [5, 5.41) is 12.1. The number of carbonyl (C=O) groups is 1. The summed E-state index contributed by atoms with van der Waals surface area (Å²) in [5.41, 5.74) is 0. The molecule has 4 bridgehead atoms. The van der Waals surface area contributed by atoms with Crippen molar-refractivity contribution in [3.05, 3.63) is 0 Å². The smallest absolute Gasteiger partial charge is 0.223 e. The molecule has 1 N–H and O–H groups in total. The Labute approximate surface area is 83.5 Å². The van der Waals surface area contributed by atoms with Gasteiger partial charge in [-0.25, -0.2) is 0 Å². The van der Waals surface area contributed by atoms with Crippen LogP contribution < -0.4 is 5.32 Å². The van der Waals surface area contributed by atoms with Gasteiger partial charge in [0, 0.05) is 12.0 Å². The summed E-state index contributed by atoms with van der Waals surface area (Å²) >= 11 is 0. The van der Waals surface area contributed by atoms with E-state index in [1.807, 2.05) is 0 Å². The molecule has 4 rings (SSSR count). The molecule has 0 radical (unpaired) electrons. The average Bonchev–Trinajstić information content (AvgIpc) is 2.31. The molecule has 2 saturated heterocycles. The molecule has 3 heteroatoms. The third-order valence-electron chi connectivity index (χ3n) is 4.22. The lowest BCUT2D eigenvalue weighted by molar-refractivity contribution is -0.125. The topological polar surface area (TPSA) is 52.9 Å². The van der Waals surface area contributed by atoms with E-state index in [0.29, 0.717) is 11.8 Å². The number of carbonyl (C=O) groups excluding carboxylic acids is 1. The number of nitrogens with one attached hydrogen (secondary N) is 1. The summed E-state index contributed by atoms with van der Waals surface area (Å²) in [5.74, 6) is 1.69. The molecular formula is C11H14N2O. The minimum absolute atomic E-state index is 0.0838. The van der Waals surface area contributed by atoms with Crippen molar-refractivity contribution < 1.29 is 4.79 Å². The van der Waals surface area contributed by atoms with Gasteiger partial charge >= 0.3 is 0 Å². The lowest BCUT2D eigenvalue weighted by Crippen LogP contribution is -2.43. The molecule has 0 spiro atoms. The fourth-order valence-electron chi connectivity index (χ4n) is 3.66. The highest BCUT2D eigenvalue weighted by Crippen LogP contribution is 2.47. The van der Waals surface area contributed by atoms with Crippen LogP contribution in [-0.2, 0) is 4.79 Å². The molecule has 2 saturated carbocycles. The maximum absolute atomic E-state index is 11.7. The fourth-order valence-corrected chi connectivity index (χ4v) is 3.66. The molecule has 4 fully saturated rings. The Hall–Kier alpha value is -1.04. The first-order valence-electron chi connectivity index (χ1n) is 5.48. The molecule has 4 aliphatic rings. The molecule has 14 heavy (non-hydrogen) atoms. The maximum Gasteiger partial charge on any atom is 0.223 e. The van der Waals surface area contributed by atoms with Crippen LogP contribution in [0.5, 0.6) is 0 Å². The Bertz CT molecular complexity index is 320. The molecular weight excluding hydrogens is 176 g/mol. The van der Waals surface area contributed by atoms with Crippen LogP contribution in [0.25, 0.3) is 0 Å². The first kappa shape index (κ1) is 8.28. The van der Waals surface area contributed by atoms with Crippen LogP contribution in [0.2, 0.25) is 0 Å². The highest BCUT2D eigenvalue weighted by Gasteiger charge is 2.48. The van der Waals surface area contributed by atoms with E-state index in [2.05, 4.69) is 11.4 Å². The number of nitriles is 1. The van der Waals surface area contributed by atoms with E-state index in [0.717, 1.165) is 19.3 Å². The minimum atomic E-state index is 0.0838. The SMILES string of the molecule is N#CC1C2C[C@H]3C[C@@H](C2)C(=O)N[C@@H]1C3. The molecule has 74 valence electrons. The van der Waals surface area contributed by atoms with Crippen molar-refractivity contribution in [3.63, 3.8) is 0 Å². The van der Waals surface area contributed by atoms with Crippen molar-refractivity contribution in [2.24, 2.45) is 23.7 Å². The van der Waals surface area contributed by atoms with Crippen LogP contribution >= 0.6 is 0 Å². The lowest BCUT2D eigenvalue weighted by Gasteiger charge is -2.40. The Morgan fingerprint density at radius 1 is 1.29 bits per heavy atom. The van der Waals surface area contributed by atoms with Gasteiger partial charge in [-0.2, -0.15) is 5.26 Å². The van der Waals surface area contributed by atoms with Gasteiger partial charge in [0.2, 0.25) is 5.91 Å². The lowest BCUT2D eigenvalue weighted by atomic mass is 9.64. The molecule has 0 aromatic carbocycles. The molecule has 0 aromatic heterocycles. The van der Waals surface area contributed by atoms with Gasteiger partial charge in [-0.1, -0.05) is 0 Å². The molecule has 0 aromatic rings. The second-order valence-electron chi connectivity index (χ2n) is 5.04. The minimum Gasteiger partial charge on any atom is -0.352 e. The van der Waals surface area contributed by atoms with Crippen molar-refractivity contribution in [2.75, 3.05) is 0 Å². The van der Waals surface area contributed by atoms with Gasteiger partial charge in [-0.3, -0.25) is 4.79 Å². The zero-order chi connectivity index (χ0) is 9.71. The Morgan fingerprint density at radius 3 is 2.93 bits per heavy atom. The van der Waals surface area contributed by atoms with Crippen LogP contribution in [-0.4, -0.2) is 11.9 Å². The quantitative estimate of drug-likeness (QED) is 0.621. The second kappa shape index (κ2) is 2.73. The van der Waals surface area contributed by atoms with Crippen LogP contribution in [0.1, 0.15) is 25.7 Å². The van der Waals surface area contributed by atoms with E-state index in [-0.39, 0.29) is 23.8 Å². The summed E-state index contributed by atoms with van der Waals surface area (Å²) < 4.78 is 0. The van der Waals surface area contributed by atoms with E-state index in [1.165, 1.54) is 6.42 Å². The van der Waals surface area contributed by atoms with E-state index < -0.39 is 0 Å². The zero-order valence-electron chi connectivity index (χ0n) is 8.07. The monoisotopic (exact) mass is 190 g/mol. The fraction of sp³-hybridized carbons (Fsp3) is 0.818. The van der Waals surface area contributed by atoms with Gasteiger partial charge in [0.15, 0.2) is 0 Å². The first-order valence-corrected chi connectivity index (χ1v) is 5.48. The molecule has 2 heterocycles. The van der Waals surface area contributed by atoms with Gasteiger partial charge in [0.1, 0.15) is 0 Å². The third-order valence-corrected chi connectivity index (χ3v) is 4.22. The number of rotatable bonds is 0. The average molecular weight is 190 g/mol. The van der Waals surface area contributed by atoms with Crippen LogP contribution in [0.15, 0.2) is 0 Å². The Balaban J connectivity index is 1.99. The maximum atomic E-state index is 11.7. The number of fused-ring (bicyclic) bond motifs is 1. The number of amides is 1. The van der Waals surface area contributed by atoms with E-state index in [4.69, 9.17) is 5.26 Å². The van der Waals surface area contributed by atoms with Crippen molar-refractivity contribution in [3.8, 4) is 6.07 Å². The van der Waals surface area contributed by atoms with Crippen LogP contribution in [0.4, 0.5) is 0 Å². The molecule has 3 nitrogen and oxygen atoms in total. The van der Waals surface area contributed by atoms with Crippen molar-refractivity contribution in [1.82, 2.24) is 5.32 Å². The van der Waals surface area contributed by atoms with Crippen molar-refractivity contribution in [2.45, 2.75) is 31.7 Å². The summed E-state index contributed by atoms with van der Waals surface area (Å²) in [6.07, 6.45) is 4.24. The number of hydrogen-bond acceptors (Lipinski definition) is 2. The molecule has 2 unspecified atom stereocenters. The van der Waals surface area contributed by atoms with E-state index >= 15 is 0 Å². The van der Waals surface area contributed by atoms with Gasteiger partial charge in [-0.15, -0.1) is 0 Å². The summed E-state index contributed by atoms with van der Waals surface area (Å²) in [6, 6.07) is 2.55. The highest BCUT2D eigenvalue weighted by molar-refractivity contribution is 5.80. The van der Waals surface area contributed by atoms with Crippen molar-refractivity contribution >= 4 is 5.91 Å². The normalized spacial score (nSPS) is 49.6. The molecule has 5 atom stereocenters. The van der Waals surface area contributed by atoms with Crippen LogP contribution in [0.3, 0.4) is 0 Å². The molecule has 1 amide bonds. The predicted molar refractivity (Wildman–Crippen MR) is 50.0 cm³/mol.